The number of hydrogen-bond donors (Lipinski definition) is 1. The maximum absolute atomic E-state index is 12.5. The van der Waals surface area contributed by atoms with E-state index in [0.717, 1.165) is 4.90 Å². The quantitative estimate of drug-likeness (QED) is 0.839. The highest BCUT2D eigenvalue weighted by atomic mass is 19.4. The number of benzene rings is 1. The third-order valence-corrected chi connectivity index (χ3v) is 4.84. The van der Waals surface area contributed by atoms with Crippen LogP contribution in [0.3, 0.4) is 0 Å². The molecule has 1 N–H and O–H groups in total. The van der Waals surface area contributed by atoms with Gasteiger partial charge in [-0.1, -0.05) is 18.2 Å². The fraction of sp³-hybridized carbons (Fsp3) is 0.500. The molecule has 152 valence electrons. The number of hydrogen-bond acceptors (Lipinski definition) is 4. The number of amides is 3. The van der Waals surface area contributed by atoms with E-state index in [1.54, 1.807) is 24.3 Å². The number of para-hydroxylation sites is 1. The molecule has 0 aromatic heterocycles. The summed E-state index contributed by atoms with van der Waals surface area (Å²) in [7, 11) is 0. The zero-order valence-corrected chi connectivity index (χ0v) is 14.9. The fourth-order valence-electron chi connectivity index (χ4n) is 3.33. The van der Waals surface area contributed by atoms with Crippen molar-refractivity contribution in [3.63, 3.8) is 0 Å². The first-order valence-corrected chi connectivity index (χ1v) is 8.92. The third-order valence-electron chi connectivity index (χ3n) is 4.84. The molecular formula is C18H20F3N3O4. The molecule has 2 aliphatic heterocycles. The summed E-state index contributed by atoms with van der Waals surface area (Å²) < 4.78 is 42.6. The van der Waals surface area contributed by atoms with E-state index in [2.05, 4.69) is 5.32 Å². The molecule has 3 amide bonds. The number of cyclic esters (lactones) is 1. The van der Waals surface area contributed by atoms with Crippen molar-refractivity contribution in [3.05, 3.63) is 30.3 Å². The first-order chi connectivity index (χ1) is 13.3. The molecule has 1 atom stereocenters. The molecule has 0 aliphatic carbocycles. The summed E-state index contributed by atoms with van der Waals surface area (Å²) in [6.07, 6.45) is -5.58. The molecular weight excluding hydrogens is 379 g/mol. The van der Waals surface area contributed by atoms with Crippen molar-refractivity contribution >= 4 is 23.6 Å². The molecule has 2 aliphatic rings. The zero-order chi connectivity index (χ0) is 20.3. The highest BCUT2D eigenvalue weighted by Gasteiger charge is 2.43. The summed E-state index contributed by atoms with van der Waals surface area (Å²) in [6.45, 7) is 0.185. The summed E-state index contributed by atoms with van der Waals surface area (Å²) in [4.78, 5) is 37.7. The topological polar surface area (TPSA) is 79.0 Å². The number of nitrogens with one attached hydrogen (secondary N) is 1. The van der Waals surface area contributed by atoms with Gasteiger partial charge in [-0.05, 0) is 25.0 Å². The standard InChI is InChI=1S/C18H20F3N3O4/c19-18(20,21)16(26)23-8-6-12(7-9-23)15(25)22-10-14-11-24(17(27)28-14)13-4-2-1-3-5-13/h1-5,12,14H,6-11H2,(H,22,25). The van der Waals surface area contributed by atoms with Crippen LogP contribution in [0.5, 0.6) is 0 Å². The summed E-state index contributed by atoms with van der Waals surface area (Å²) in [5, 5.41) is 2.69. The highest BCUT2D eigenvalue weighted by Crippen LogP contribution is 2.24. The van der Waals surface area contributed by atoms with Crippen LogP contribution in [0.25, 0.3) is 0 Å². The van der Waals surface area contributed by atoms with Crippen LogP contribution in [0.4, 0.5) is 23.7 Å². The van der Waals surface area contributed by atoms with Gasteiger partial charge in [-0.3, -0.25) is 14.5 Å². The summed E-state index contributed by atoms with van der Waals surface area (Å²) in [5.41, 5.74) is 0.697. The van der Waals surface area contributed by atoms with E-state index in [1.165, 1.54) is 4.90 Å². The molecule has 0 radical (unpaired) electrons. The van der Waals surface area contributed by atoms with Crippen molar-refractivity contribution in [1.29, 1.82) is 0 Å². The molecule has 0 saturated carbocycles. The van der Waals surface area contributed by atoms with E-state index in [-0.39, 0.29) is 38.4 Å². The fourth-order valence-corrected chi connectivity index (χ4v) is 3.33. The smallest absolute Gasteiger partial charge is 0.442 e. The van der Waals surface area contributed by atoms with Crippen LogP contribution in [0, 0.1) is 5.92 Å². The number of piperidine rings is 1. The van der Waals surface area contributed by atoms with Crippen molar-refractivity contribution in [1.82, 2.24) is 10.2 Å². The van der Waals surface area contributed by atoms with Crippen molar-refractivity contribution < 1.29 is 32.3 Å². The van der Waals surface area contributed by atoms with E-state index in [4.69, 9.17) is 4.74 Å². The van der Waals surface area contributed by atoms with Gasteiger partial charge >= 0.3 is 18.2 Å². The van der Waals surface area contributed by atoms with Gasteiger partial charge in [0.1, 0.15) is 6.10 Å². The second-order valence-electron chi connectivity index (χ2n) is 6.76. The van der Waals surface area contributed by atoms with Gasteiger partial charge in [0.05, 0.1) is 13.1 Å². The van der Waals surface area contributed by atoms with E-state index >= 15 is 0 Å². The lowest BCUT2D eigenvalue weighted by atomic mass is 9.95. The Morgan fingerprint density at radius 1 is 1.14 bits per heavy atom. The number of alkyl halides is 3. The summed E-state index contributed by atoms with van der Waals surface area (Å²) >= 11 is 0. The molecule has 0 bridgehead atoms. The first kappa shape index (κ1) is 20.0. The highest BCUT2D eigenvalue weighted by molar-refractivity contribution is 5.89. The van der Waals surface area contributed by atoms with Crippen LogP contribution in [0.1, 0.15) is 12.8 Å². The molecule has 7 nitrogen and oxygen atoms in total. The van der Waals surface area contributed by atoms with Crippen LogP contribution in [-0.2, 0) is 14.3 Å². The predicted octanol–water partition coefficient (Wildman–Crippen LogP) is 1.93. The molecule has 10 heteroatoms. The Morgan fingerprint density at radius 3 is 2.39 bits per heavy atom. The minimum atomic E-state index is -4.90. The minimum Gasteiger partial charge on any atom is -0.442 e. The molecule has 2 heterocycles. The number of nitrogens with zero attached hydrogens (tertiary/aromatic N) is 2. The number of likely N-dealkylation sites (tertiary alicyclic amines) is 1. The van der Waals surface area contributed by atoms with Crippen LogP contribution in [0.15, 0.2) is 30.3 Å². The molecule has 1 aromatic carbocycles. The Morgan fingerprint density at radius 2 is 1.79 bits per heavy atom. The Hall–Kier alpha value is -2.78. The first-order valence-electron chi connectivity index (χ1n) is 8.92. The number of halogens is 3. The SMILES string of the molecule is O=C(NCC1CN(c2ccccc2)C(=O)O1)C1CCN(C(=O)C(F)(F)F)CC1. The third kappa shape index (κ3) is 4.55. The lowest BCUT2D eigenvalue weighted by molar-refractivity contribution is -0.186. The van der Waals surface area contributed by atoms with Crippen LogP contribution >= 0.6 is 0 Å². The summed E-state index contributed by atoms with van der Waals surface area (Å²) in [5.74, 6) is -2.65. The number of carbonyl (C=O) groups excluding carboxylic acids is 3. The predicted molar refractivity (Wildman–Crippen MR) is 92.4 cm³/mol. The normalized spacial score (nSPS) is 20.8. The number of anilines is 1. The summed E-state index contributed by atoms with van der Waals surface area (Å²) in [6, 6.07) is 8.98. The van der Waals surface area contributed by atoms with Gasteiger partial charge in [0, 0.05) is 24.7 Å². The van der Waals surface area contributed by atoms with E-state index in [0.29, 0.717) is 12.2 Å². The average molecular weight is 399 g/mol. The van der Waals surface area contributed by atoms with Gasteiger partial charge < -0.3 is 15.0 Å². The van der Waals surface area contributed by atoms with Crippen molar-refractivity contribution in [2.75, 3.05) is 31.1 Å². The Labute approximate surface area is 159 Å². The molecule has 1 aromatic rings. The molecule has 2 saturated heterocycles. The van der Waals surface area contributed by atoms with E-state index < -0.39 is 30.2 Å². The largest absolute Gasteiger partial charge is 0.471 e. The molecule has 0 spiro atoms. The van der Waals surface area contributed by atoms with E-state index in [9.17, 15) is 27.6 Å². The molecule has 2 fully saturated rings. The minimum absolute atomic E-state index is 0.114. The monoisotopic (exact) mass is 399 g/mol. The Kier molecular flexibility index (Phi) is 5.76. The molecule has 3 rings (SSSR count). The maximum Gasteiger partial charge on any atom is 0.471 e. The lowest BCUT2D eigenvalue weighted by Gasteiger charge is -2.31. The van der Waals surface area contributed by atoms with Gasteiger partial charge in [-0.2, -0.15) is 13.2 Å². The number of ether oxygens (including phenoxy) is 1. The van der Waals surface area contributed by atoms with E-state index in [1.807, 2.05) is 6.07 Å². The van der Waals surface area contributed by atoms with Gasteiger partial charge in [0.2, 0.25) is 5.91 Å². The molecule has 1 unspecified atom stereocenters. The lowest BCUT2D eigenvalue weighted by Crippen LogP contribution is -2.48. The van der Waals surface area contributed by atoms with Crippen molar-refractivity contribution in [3.8, 4) is 0 Å². The van der Waals surface area contributed by atoms with Gasteiger partial charge in [-0.15, -0.1) is 0 Å². The van der Waals surface area contributed by atoms with Gasteiger partial charge in [0.15, 0.2) is 0 Å². The van der Waals surface area contributed by atoms with Crippen LogP contribution in [-0.4, -0.2) is 61.3 Å². The Balaban J connectivity index is 1.44. The van der Waals surface area contributed by atoms with Crippen LogP contribution in [0.2, 0.25) is 0 Å². The second kappa shape index (κ2) is 8.07. The maximum atomic E-state index is 12.5. The Bertz CT molecular complexity index is 733. The van der Waals surface area contributed by atoms with Crippen molar-refractivity contribution in [2.24, 2.45) is 5.92 Å². The number of rotatable bonds is 4. The second-order valence-corrected chi connectivity index (χ2v) is 6.76. The van der Waals surface area contributed by atoms with Gasteiger partial charge in [0.25, 0.3) is 0 Å². The average Bonchev–Trinajstić information content (AvgIpc) is 3.06. The van der Waals surface area contributed by atoms with Crippen LogP contribution < -0.4 is 10.2 Å². The van der Waals surface area contributed by atoms with Crippen molar-refractivity contribution in [2.45, 2.75) is 25.1 Å². The molecule has 28 heavy (non-hydrogen) atoms. The zero-order valence-electron chi connectivity index (χ0n) is 14.9. The number of carbonyl (C=O) groups is 3. The van der Waals surface area contributed by atoms with Gasteiger partial charge in [-0.25, -0.2) is 4.79 Å².